The fourth-order valence-corrected chi connectivity index (χ4v) is 2.03. The fourth-order valence-electron chi connectivity index (χ4n) is 2.03. The lowest BCUT2D eigenvalue weighted by Crippen LogP contribution is -2.42. The molecule has 0 saturated carbocycles. The maximum absolute atomic E-state index is 11.6. The van der Waals surface area contributed by atoms with Gasteiger partial charge in [0.25, 0.3) is 0 Å². The van der Waals surface area contributed by atoms with Crippen LogP contribution in [0, 0.1) is 0 Å². The number of alkyl carbamates (subject to hydrolysis) is 1. The van der Waals surface area contributed by atoms with E-state index in [1.165, 1.54) is 0 Å². The Morgan fingerprint density at radius 1 is 1.24 bits per heavy atom. The predicted octanol–water partition coefficient (Wildman–Crippen LogP) is 1.34. The van der Waals surface area contributed by atoms with Crippen LogP contribution >= 0.6 is 0 Å². The van der Waals surface area contributed by atoms with Crippen LogP contribution < -0.4 is 20.9 Å². The minimum Gasteiger partial charge on any atom is -0.444 e. The van der Waals surface area contributed by atoms with Crippen LogP contribution in [0.25, 0.3) is 0 Å². The molecule has 1 aromatic rings. The predicted molar refractivity (Wildman–Crippen MR) is 101 cm³/mol. The van der Waals surface area contributed by atoms with Gasteiger partial charge in [0.1, 0.15) is 11.4 Å². The molecular formula is C17H30N6O2. The van der Waals surface area contributed by atoms with Gasteiger partial charge in [0.15, 0.2) is 5.96 Å². The average Bonchev–Trinajstić information content (AvgIpc) is 2.52. The minimum absolute atomic E-state index is 0.428. The van der Waals surface area contributed by atoms with Gasteiger partial charge in [-0.15, -0.1) is 0 Å². The number of carbonyl (C=O) groups is 1. The van der Waals surface area contributed by atoms with E-state index in [-0.39, 0.29) is 0 Å². The Labute approximate surface area is 150 Å². The fraction of sp³-hybridized carbons (Fsp3) is 0.588. The number of guanidine groups is 1. The van der Waals surface area contributed by atoms with E-state index < -0.39 is 11.7 Å². The van der Waals surface area contributed by atoms with Crippen molar-refractivity contribution in [2.24, 2.45) is 4.99 Å². The van der Waals surface area contributed by atoms with Crippen molar-refractivity contribution in [2.45, 2.75) is 32.9 Å². The van der Waals surface area contributed by atoms with Gasteiger partial charge in [0.05, 0.1) is 0 Å². The Morgan fingerprint density at radius 2 is 1.92 bits per heavy atom. The Hall–Kier alpha value is -2.51. The second-order valence-electron chi connectivity index (χ2n) is 6.66. The third-order valence-electron chi connectivity index (χ3n) is 3.05. The molecule has 0 radical (unpaired) electrons. The van der Waals surface area contributed by atoms with E-state index in [1.54, 1.807) is 13.2 Å². The summed E-state index contributed by atoms with van der Waals surface area (Å²) in [4.78, 5) is 22.1. The third-order valence-corrected chi connectivity index (χ3v) is 3.05. The number of aromatic nitrogens is 1. The zero-order valence-corrected chi connectivity index (χ0v) is 16.0. The van der Waals surface area contributed by atoms with Gasteiger partial charge < -0.3 is 25.6 Å². The number of hydrogen-bond acceptors (Lipinski definition) is 5. The van der Waals surface area contributed by atoms with Crippen LogP contribution in [0.4, 0.5) is 10.6 Å². The summed E-state index contributed by atoms with van der Waals surface area (Å²) in [6.45, 7) is 7.06. The van der Waals surface area contributed by atoms with Crippen LogP contribution in [0.2, 0.25) is 0 Å². The average molecular weight is 350 g/mol. The summed E-state index contributed by atoms with van der Waals surface area (Å²) >= 11 is 0. The number of ether oxygens (including phenoxy) is 1. The lowest BCUT2D eigenvalue weighted by atomic mass is 10.2. The molecule has 8 nitrogen and oxygen atoms in total. The smallest absolute Gasteiger partial charge is 0.407 e. The van der Waals surface area contributed by atoms with Crippen LogP contribution in [0.5, 0.6) is 0 Å². The van der Waals surface area contributed by atoms with Gasteiger partial charge in [0, 0.05) is 52.5 Å². The number of anilines is 1. The monoisotopic (exact) mass is 350 g/mol. The molecule has 0 saturated heterocycles. The maximum Gasteiger partial charge on any atom is 0.407 e. The van der Waals surface area contributed by atoms with Crippen molar-refractivity contribution in [3.05, 3.63) is 23.9 Å². The maximum atomic E-state index is 11.6. The molecule has 1 aromatic heterocycles. The molecule has 0 aliphatic carbocycles. The van der Waals surface area contributed by atoms with Crippen LogP contribution in [0.1, 0.15) is 26.3 Å². The van der Waals surface area contributed by atoms with Crippen LogP contribution in [-0.4, -0.2) is 56.9 Å². The van der Waals surface area contributed by atoms with Crippen LogP contribution in [-0.2, 0) is 11.3 Å². The molecule has 25 heavy (non-hydrogen) atoms. The number of amides is 1. The first-order chi connectivity index (χ1) is 11.7. The van der Waals surface area contributed by atoms with Crippen molar-refractivity contribution in [3.8, 4) is 0 Å². The number of aliphatic imine (C=N–C) groups is 1. The summed E-state index contributed by atoms with van der Waals surface area (Å²) in [7, 11) is 5.62. The molecule has 0 fully saturated rings. The van der Waals surface area contributed by atoms with Crippen LogP contribution in [0.3, 0.4) is 0 Å². The largest absolute Gasteiger partial charge is 0.444 e. The van der Waals surface area contributed by atoms with Crippen molar-refractivity contribution in [1.82, 2.24) is 20.9 Å². The Balaban J connectivity index is 2.38. The molecule has 8 heteroatoms. The van der Waals surface area contributed by atoms with E-state index in [9.17, 15) is 4.79 Å². The Bertz CT molecular complexity index is 581. The first kappa shape index (κ1) is 20.5. The summed E-state index contributed by atoms with van der Waals surface area (Å²) in [5.41, 5.74) is 0.575. The minimum atomic E-state index is -0.497. The van der Waals surface area contributed by atoms with Gasteiger partial charge in [-0.2, -0.15) is 0 Å². The first-order valence-corrected chi connectivity index (χ1v) is 8.25. The van der Waals surface area contributed by atoms with Gasteiger partial charge in [-0.1, -0.05) is 6.07 Å². The van der Waals surface area contributed by atoms with Crippen molar-refractivity contribution in [2.75, 3.05) is 39.1 Å². The molecule has 1 heterocycles. The first-order valence-electron chi connectivity index (χ1n) is 8.25. The molecule has 140 valence electrons. The lowest BCUT2D eigenvalue weighted by molar-refractivity contribution is 0.0529. The van der Waals surface area contributed by atoms with E-state index in [4.69, 9.17) is 4.74 Å². The zero-order valence-electron chi connectivity index (χ0n) is 16.0. The summed E-state index contributed by atoms with van der Waals surface area (Å²) < 4.78 is 5.18. The van der Waals surface area contributed by atoms with Gasteiger partial charge in [-0.25, -0.2) is 9.78 Å². The Morgan fingerprint density at radius 3 is 2.52 bits per heavy atom. The number of nitrogens with one attached hydrogen (secondary N) is 3. The number of nitrogens with zero attached hydrogens (tertiary/aromatic N) is 3. The van der Waals surface area contributed by atoms with Crippen molar-refractivity contribution >= 4 is 17.9 Å². The molecular weight excluding hydrogens is 320 g/mol. The number of hydrogen-bond donors (Lipinski definition) is 3. The van der Waals surface area contributed by atoms with E-state index in [0.29, 0.717) is 25.6 Å². The van der Waals surface area contributed by atoms with Gasteiger partial charge in [-0.3, -0.25) is 4.99 Å². The molecule has 0 spiro atoms. The molecule has 0 unspecified atom stereocenters. The van der Waals surface area contributed by atoms with E-state index in [1.807, 2.05) is 51.9 Å². The highest BCUT2D eigenvalue weighted by atomic mass is 16.6. The van der Waals surface area contributed by atoms with E-state index in [0.717, 1.165) is 11.4 Å². The molecule has 0 aliphatic rings. The third kappa shape index (κ3) is 8.23. The highest BCUT2D eigenvalue weighted by Gasteiger charge is 2.15. The van der Waals surface area contributed by atoms with Crippen molar-refractivity contribution < 1.29 is 9.53 Å². The highest BCUT2D eigenvalue weighted by molar-refractivity contribution is 5.79. The Kier molecular flexibility index (Phi) is 7.97. The van der Waals surface area contributed by atoms with Crippen molar-refractivity contribution in [3.63, 3.8) is 0 Å². The molecule has 0 bridgehead atoms. The standard InChI is InChI=1S/C17H30N6O2/c1-17(2,3)25-16(24)21-11-10-20-15(18-4)22-12-13-8-7-9-19-14(13)23(5)6/h7-9H,10-12H2,1-6H3,(H,21,24)(H2,18,20,22). The second kappa shape index (κ2) is 9.71. The van der Waals surface area contributed by atoms with E-state index in [2.05, 4.69) is 25.9 Å². The van der Waals surface area contributed by atoms with Gasteiger partial charge in [-0.05, 0) is 26.8 Å². The number of pyridine rings is 1. The summed E-state index contributed by atoms with van der Waals surface area (Å²) in [5.74, 6) is 1.57. The van der Waals surface area contributed by atoms with Crippen LogP contribution in [0.15, 0.2) is 23.3 Å². The normalized spacial score (nSPS) is 11.7. The number of carbonyl (C=O) groups excluding carboxylic acids is 1. The quantitative estimate of drug-likeness (QED) is 0.407. The van der Waals surface area contributed by atoms with Crippen molar-refractivity contribution in [1.29, 1.82) is 0 Å². The molecule has 3 N–H and O–H groups in total. The SMILES string of the molecule is CN=C(NCCNC(=O)OC(C)(C)C)NCc1cccnc1N(C)C. The summed E-state index contributed by atoms with van der Waals surface area (Å²) in [6, 6.07) is 3.93. The molecule has 0 atom stereocenters. The number of rotatable bonds is 6. The molecule has 1 rings (SSSR count). The molecule has 0 aromatic carbocycles. The second-order valence-corrected chi connectivity index (χ2v) is 6.66. The van der Waals surface area contributed by atoms with Gasteiger partial charge >= 0.3 is 6.09 Å². The zero-order chi connectivity index (χ0) is 18.9. The molecule has 0 aliphatic heterocycles. The topological polar surface area (TPSA) is 90.9 Å². The summed E-state index contributed by atoms with van der Waals surface area (Å²) in [5, 5.41) is 9.07. The van der Waals surface area contributed by atoms with Gasteiger partial charge in [0.2, 0.25) is 0 Å². The summed E-state index contributed by atoms with van der Waals surface area (Å²) in [6.07, 6.45) is 1.34. The molecule has 1 amide bonds. The lowest BCUT2D eigenvalue weighted by Gasteiger charge is -2.20. The highest BCUT2D eigenvalue weighted by Crippen LogP contribution is 2.13. The van der Waals surface area contributed by atoms with E-state index >= 15 is 0 Å².